The average molecular weight is 709 g/mol. The molecule has 0 unspecified atom stereocenters. The lowest BCUT2D eigenvalue weighted by Gasteiger charge is -2.60. The maximum Gasteiger partial charge on any atom is 0.187 e. The molecule has 0 aromatic carbocycles. The quantitative estimate of drug-likeness (QED) is 0.235. The van der Waals surface area contributed by atoms with Crippen LogP contribution in [-0.2, 0) is 28.4 Å². The highest BCUT2D eigenvalue weighted by atomic mass is 16.8. The minimum Gasteiger partial charge on any atom is -0.393 e. The standard InChI is InChI=1S/C38H60O12/c1-17-8-11-38(46-15-17)18(2)28-26(50-38)14-24-22-7-6-20-12-21(39)13-27(37(20,5)23(22)9-10-36(24,28)4)48-35-33(30(42)25(40)16-45-35)49-34-32(44)31(43)29(41)19(3)47-34/h6,17-19,21-35,39-44H,7-16H2,1-5H3/t17-,18-,19+,21+,22+,23-,24+,25+,26+,27+,28+,29-,30-,31+,32+,33-,34-,35+,36-,37-,38+/m0/s1. The maximum absolute atomic E-state index is 11.1. The fourth-order valence-electron chi connectivity index (χ4n) is 12.4. The fraction of sp³-hybridized carbons (Fsp3) is 0.947. The second-order valence-electron chi connectivity index (χ2n) is 17.9. The average Bonchev–Trinajstić information content (AvgIpc) is 3.53. The van der Waals surface area contributed by atoms with E-state index in [4.69, 9.17) is 28.4 Å². The molecule has 4 saturated heterocycles. The van der Waals surface area contributed by atoms with Gasteiger partial charge in [-0.25, -0.2) is 0 Å². The Balaban J connectivity index is 1.04. The summed E-state index contributed by atoms with van der Waals surface area (Å²) in [5.41, 5.74) is 0.917. The lowest BCUT2D eigenvalue weighted by Crippen LogP contribution is -2.63. The molecule has 12 heteroatoms. The number of aliphatic hydroxyl groups is 6. The largest absolute Gasteiger partial charge is 0.393 e. The predicted molar refractivity (Wildman–Crippen MR) is 177 cm³/mol. The van der Waals surface area contributed by atoms with Crippen LogP contribution in [0.1, 0.15) is 86.0 Å². The highest BCUT2D eigenvalue weighted by molar-refractivity contribution is 5.28. The summed E-state index contributed by atoms with van der Waals surface area (Å²) in [7, 11) is 0. The van der Waals surface area contributed by atoms with Crippen LogP contribution in [0.15, 0.2) is 11.6 Å². The Morgan fingerprint density at radius 1 is 0.820 bits per heavy atom. The molecule has 21 atom stereocenters. The summed E-state index contributed by atoms with van der Waals surface area (Å²) >= 11 is 0. The Morgan fingerprint density at radius 3 is 2.34 bits per heavy atom. The van der Waals surface area contributed by atoms with E-state index in [1.54, 1.807) is 6.92 Å². The molecular formula is C38H60O12. The van der Waals surface area contributed by atoms with E-state index in [1.165, 1.54) is 5.57 Å². The number of ether oxygens (including phenoxy) is 6. The van der Waals surface area contributed by atoms with Crippen LogP contribution in [-0.4, -0.2) is 123 Å². The molecule has 0 radical (unpaired) electrons. The van der Waals surface area contributed by atoms with E-state index in [2.05, 4.69) is 33.8 Å². The van der Waals surface area contributed by atoms with Gasteiger partial charge in [-0.1, -0.05) is 39.3 Å². The monoisotopic (exact) mass is 708 g/mol. The summed E-state index contributed by atoms with van der Waals surface area (Å²) in [6.07, 6.45) is -3.26. The van der Waals surface area contributed by atoms with E-state index in [-0.39, 0.29) is 18.1 Å². The van der Waals surface area contributed by atoms with Gasteiger partial charge in [0.25, 0.3) is 0 Å². The van der Waals surface area contributed by atoms with Crippen molar-refractivity contribution in [1.82, 2.24) is 0 Å². The Kier molecular flexibility index (Phi) is 9.38. The minimum absolute atomic E-state index is 0.134. The van der Waals surface area contributed by atoms with Gasteiger partial charge in [0.1, 0.15) is 36.6 Å². The zero-order valence-electron chi connectivity index (χ0n) is 30.2. The molecular weight excluding hydrogens is 648 g/mol. The number of hydrogen-bond acceptors (Lipinski definition) is 12. The van der Waals surface area contributed by atoms with Gasteiger partial charge < -0.3 is 59.1 Å². The third-order valence-corrected chi connectivity index (χ3v) is 15.2. The molecule has 0 amide bonds. The van der Waals surface area contributed by atoms with Crippen LogP contribution >= 0.6 is 0 Å². The number of allylic oxidation sites excluding steroid dienone is 1. The van der Waals surface area contributed by atoms with Crippen LogP contribution in [0, 0.1) is 46.3 Å². The number of aliphatic hydroxyl groups excluding tert-OH is 6. The summed E-state index contributed by atoms with van der Waals surface area (Å²) < 4.78 is 38.0. The van der Waals surface area contributed by atoms with Gasteiger partial charge in [-0.2, -0.15) is 0 Å². The summed E-state index contributed by atoms with van der Waals surface area (Å²) in [6, 6.07) is 0. The predicted octanol–water partition coefficient (Wildman–Crippen LogP) is 2.00. The molecule has 4 aliphatic heterocycles. The summed E-state index contributed by atoms with van der Waals surface area (Å²) in [5.74, 6) is 2.08. The van der Waals surface area contributed by atoms with E-state index in [0.717, 1.165) is 45.1 Å². The third-order valence-electron chi connectivity index (χ3n) is 15.2. The van der Waals surface area contributed by atoms with E-state index in [9.17, 15) is 30.6 Å². The van der Waals surface area contributed by atoms with Gasteiger partial charge >= 0.3 is 0 Å². The number of hydrogen-bond donors (Lipinski definition) is 6. The van der Waals surface area contributed by atoms with Gasteiger partial charge in [-0.15, -0.1) is 0 Å². The highest BCUT2D eigenvalue weighted by Crippen LogP contribution is 2.71. The molecule has 12 nitrogen and oxygen atoms in total. The Morgan fingerprint density at radius 2 is 1.60 bits per heavy atom. The van der Waals surface area contributed by atoms with E-state index < -0.39 is 78.7 Å². The lowest BCUT2D eigenvalue weighted by molar-refractivity contribution is -0.362. The van der Waals surface area contributed by atoms with Crippen molar-refractivity contribution < 1.29 is 59.1 Å². The van der Waals surface area contributed by atoms with Gasteiger partial charge in [0.2, 0.25) is 0 Å². The maximum atomic E-state index is 11.1. The first kappa shape index (κ1) is 36.2. The van der Waals surface area contributed by atoms with Gasteiger partial charge in [-0.3, -0.25) is 0 Å². The van der Waals surface area contributed by atoms with Gasteiger partial charge in [0.05, 0.1) is 37.6 Å². The van der Waals surface area contributed by atoms with Crippen LogP contribution in [0.2, 0.25) is 0 Å². The molecule has 0 aromatic rings. The molecule has 8 rings (SSSR count). The van der Waals surface area contributed by atoms with Crippen LogP contribution in [0.3, 0.4) is 0 Å². The van der Waals surface area contributed by atoms with E-state index in [1.807, 2.05) is 0 Å². The smallest absolute Gasteiger partial charge is 0.187 e. The molecule has 3 saturated carbocycles. The van der Waals surface area contributed by atoms with Crippen molar-refractivity contribution in [2.75, 3.05) is 13.2 Å². The van der Waals surface area contributed by atoms with Gasteiger partial charge in [0, 0.05) is 24.2 Å². The van der Waals surface area contributed by atoms with E-state index >= 15 is 0 Å². The molecule has 0 aromatic heterocycles. The van der Waals surface area contributed by atoms with Crippen molar-refractivity contribution in [3.8, 4) is 0 Å². The van der Waals surface area contributed by atoms with Crippen molar-refractivity contribution >= 4 is 0 Å². The molecule has 4 aliphatic carbocycles. The van der Waals surface area contributed by atoms with Crippen molar-refractivity contribution in [3.63, 3.8) is 0 Å². The molecule has 284 valence electrons. The van der Waals surface area contributed by atoms with Gasteiger partial charge in [-0.05, 0) is 80.5 Å². The fourth-order valence-corrected chi connectivity index (χ4v) is 12.4. The van der Waals surface area contributed by atoms with Crippen LogP contribution in [0.25, 0.3) is 0 Å². The van der Waals surface area contributed by atoms with Crippen molar-refractivity contribution in [2.24, 2.45) is 46.3 Å². The molecule has 1 spiro atoms. The Hall–Kier alpha value is -0.740. The molecule has 7 fully saturated rings. The first-order valence-corrected chi connectivity index (χ1v) is 19.4. The molecule has 4 heterocycles. The number of fused-ring (bicyclic) bond motifs is 7. The normalized spacial score (nSPS) is 59.3. The Bertz CT molecular complexity index is 1290. The first-order valence-electron chi connectivity index (χ1n) is 19.4. The van der Waals surface area contributed by atoms with Crippen LogP contribution in [0.4, 0.5) is 0 Å². The van der Waals surface area contributed by atoms with Crippen molar-refractivity contribution in [1.29, 1.82) is 0 Å². The van der Waals surface area contributed by atoms with Crippen molar-refractivity contribution in [3.05, 3.63) is 11.6 Å². The third kappa shape index (κ3) is 5.45. The summed E-state index contributed by atoms with van der Waals surface area (Å²) in [5, 5.41) is 64.1. The topological polar surface area (TPSA) is 177 Å². The summed E-state index contributed by atoms with van der Waals surface area (Å²) in [6.45, 7) is 11.5. The second kappa shape index (κ2) is 12.9. The zero-order chi connectivity index (χ0) is 35.5. The summed E-state index contributed by atoms with van der Waals surface area (Å²) in [4.78, 5) is 0. The highest BCUT2D eigenvalue weighted by Gasteiger charge is 2.69. The Labute approximate surface area is 295 Å². The van der Waals surface area contributed by atoms with Crippen molar-refractivity contribution in [2.45, 2.75) is 165 Å². The molecule has 6 N–H and O–H groups in total. The SMILES string of the molecule is C[C@H]1CC[C@@]2(OC1)O[C@@H]1C[C@@H]3[C@@H]4CC=C5C[C@@H](O)C[C@@H](O[C@H]6OC[C@@H](O)[C@H](O)[C@@H]6O[C@@H]6O[C@H](C)[C@H](O)[C@@H](O)[C@H]6O)[C@]5(C)[C@H]4CC[C@]3(C)[C@@H]1[C@@H]2C. The molecule has 0 bridgehead atoms. The van der Waals surface area contributed by atoms with Crippen LogP contribution < -0.4 is 0 Å². The lowest BCUT2D eigenvalue weighted by atomic mass is 9.46. The first-order chi connectivity index (χ1) is 23.7. The second-order valence-corrected chi connectivity index (χ2v) is 17.9. The molecule has 8 aliphatic rings. The minimum atomic E-state index is -1.60. The van der Waals surface area contributed by atoms with Gasteiger partial charge in [0.15, 0.2) is 18.4 Å². The number of rotatable bonds is 4. The zero-order valence-corrected chi connectivity index (χ0v) is 30.2. The van der Waals surface area contributed by atoms with E-state index in [0.29, 0.717) is 48.3 Å². The molecule has 50 heavy (non-hydrogen) atoms. The van der Waals surface area contributed by atoms with Crippen LogP contribution in [0.5, 0.6) is 0 Å².